The Morgan fingerprint density at radius 3 is 2.26 bits per heavy atom. The molecule has 1 unspecified atom stereocenters. The van der Waals surface area contributed by atoms with E-state index in [1.165, 1.54) is 0 Å². The minimum absolute atomic E-state index is 0.0521. The quantitative estimate of drug-likeness (QED) is 0.869. The van der Waals surface area contributed by atoms with Crippen LogP contribution in [0.15, 0.2) is 24.3 Å². The molecule has 0 amide bonds. The maximum absolute atomic E-state index is 11.9. The summed E-state index contributed by atoms with van der Waals surface area (Å²) in [5, 5.41) is 8.68. The number of sulfonamides is 1. The fraction of sp³-hybridized carbons (Fsp3) is 0.500. The Kier molecular flexibility index (Phi) is 5.52. The molecule has 1 N–H and O–H groups in total. The van der Waals surface area contributed by atoms with Crippen LogP contribution in [0.5, 0.6) is 0 Å². The highest BCUT2D eigenvalue weighted by Gasteiger charge is 2.14. The molecule has 0 aliphatic rings. The van der Waals surface area contributed by atoms with Gasteiger partial charge in [-0.2, -0.15) is 5.26 Å². The number of nitrogens with zero attached hydrogens (tertiary/aromatic N) is 1. The molecule has 5 heteroatoms. The second-order valence-corrected chi connectivity index (χ2v) is 6.94. The van der Waals surface area contributed by atoms with Crippen molar-refractivity contribution in [1.82, 2.24) is 4.72 Å². The van der Waals surface area contributed by atoms with Crippen molar-refractivity contribution in [2.75, 3.05) is 6.54 Å². The van der Waals surface area contributed by atoms with Crippen molar-refractivity contribution in [3.8, 4) is 6.07 Å². The van der Waals surface area contributed by atoms with E-state index in [1.54, 1.807) is 24.3 Å². The molecule has 0 aliphatic carbocycles. The molecular formula is C14H20N2O2S. The summed E-state index contributed by atoms with van der Waals surface area (Å²) in [7, 11) is -3.32. The number of hydrogen-bond donors (Lipinski definition) is 1. The maximum atomic E-state index is 11.9. The molecule has 0 aliphatic heterocycles. The Morgan fingerprint density at radius 2 is 1.79 bits per heavy atom. The SMILES string of the molecule is CC(C)C(C)CNS(=O)(=O)Cc1ccc(C#N)cc1. The van der Waals surface area contributed by atoms with Gasteiger partial charge in [0, 0.05) is 6.54 Å². The summed E-state index contributed by atoms with van der Waals surface area (Å²) in [5.74, 6) is 0.692. The highest BCUT2D eigenvalue weighted by atomic mass is 32.2. The second-order valence-electron chi connectivity index (χ2n) is 5.14. The van der Waals surface area contributed by atoms with Crippen LogP contribution in [0.1, 0.15) is 31.9 Å². The molecule has 0 radical (unpaired) electrons. The van der Waals surface area contributed by atoms with Gasteiger partial charge in [0.1, 0.15) is 0 Å². The topological polar surface area (TPSA) is 70.0 Å². The predicted octanol–water partition coefficient (Wildman–Crippen LogP) is 2.27. The van der Waals surface area contributed by atoms with E-state index < -0.39 is 10.0 Å². The van der Waals surface area contributed by atoms with Gasteiger partial charge in [-0.25, -0.2) is 13.1 Å². The molecule has 1 rings (SSSR count). The van der Waals surface area contributed by atoms with E-state index in [2.05, 4.69) is 18.6 Å². The summed E-state index contributed by atoms with van der Waals surface area (Å²) in [6.45, 7) is 6.62. The van der Waals surface area contributed by atoms with Gasteiger partial charge >= 0.3 is 0 Å². The fourth-order valence-electron chi connectivity index (χ4n) is 1.44. The van der Waals surface area contributed by atoms with Crippen LogP contribution in [0.25, 0.3) is 0 Å². The number of nitriles is 1. The van der Waals surface area contributed by atoms with Gasteiger partial charge in [-0.05, 0) is 29.5 Å². The van der Waals surface area contributed by atoms with Gasteiger partial charge in [-0.15, -0.1) is 0 Å². The molecule has 0 bridgehead atoms. The van der Waals surface area contributed by atoms with E-state index in [9.17, 15) is 8.42 Å². The van der Waals surface area contributed by atoms with E-state index >= 15 is 0 Å². The first-order valence-electron chi connectivity index (χ1n) is 6.30. The van der Waals surface area contributed by atoms with E-state index in [-0.39, 0.29) is 5.75 Å². The first-order chi connectivity index (χ1) is 8.84. The monoisotopic (exact) mass is 280 g/mol. The van der Waals surface area contributed by atoms with Gasteiger partial charge in [0.2, 0.25) is 10.0 Å². The molecule has 0 saturated carbocycles. The summed E-state index contributed by atoms with van der Waals surface area (Å²) in [6.07, 6.45) is 0. The third kappa shape index (κ3) is 5.41. The van der Waals surface area contributed by atoms with Crippen molar-refractivity contribution < 1.29 is 8.42 Å². The predicted molar refractivity (Wildman–Crippen MR) is 75.8 cm³/mol. The van der Waals surface area contributed by atoms with Crippen molar-refractivity contribution >= 4 is 10.0 Å². The van der Waals surface area contributed by atoms with Gasteiger partial charge < -0.3 is 0 Å². The minimum atomic E-state index is -3.32. The van der Waals surface area contributed by atoms with Crippen LogP contribution >= 0.6 is 0 Å². The average Bonchev–Trinajstić information content (AvgIpc) is 2.36. The number of nitrogens with one attached hydrogen (secondary N) is 1. The molecule has 4 nitrogen and oxygen atoms in total. The molecular weight excluding hydrogens is 260 g/mol. The molecule has 19 heavy (non-hydrogen) atoms. The standard InChI is InChI=1S/C14H20N2O2S/c1-11(2)12(3)9-16-19(17,18)10-14-6-4-13(8-15)5-7-14/h4-7,11-12,16H,9-10H2,1-3H3. The maximum Gasteiger partial charge on any atom is 0.215 e. The van der Waals surface area contributed by atoms with Crippen LogP contribution in [0.3, 0.4) is 0 Å². The Hall–Kier alpha value is -1.38. The Labute approximate surface area is 115 Å². The Bertz CT molecular complexity index is 542. The van der Waals surface area contributed by atoms with Gasteiger partial charge in [0.05, 0.1) is 17.4 Å². The first-order valence-corrected chi connectivity index (χ1v) is 7.95. The molecule has 0 spiro atoms. The summed E-state index contributed by atoms with van der Waals surface area (Å²) in [4.78, 5) is 0. The zero-order valence-corrected chi connectivity index (χ0v) is 12.4. The third-order valence-corrected chi connectivity index (χ3v) is 4.52. The molecule has 0 heterocycles. The van der Waals surface area contributed by atoms with Gasteiger partial charge in [-0.1, -0.05) is 32.9 Å². The van der Waals surface area contributed by atoms with Gasteiger partial charge in [0.15, 0.2) is 0 Å². The van der Waals surface area contributed by atoms with E-state index in [0.717, 1.165) is 0 Å². The lowest BCUT2D eigenvalue weighted by molar-refractivity contribution is 0.414. The van der Waals surface area contributed by atoms with Crippen LogP contribution in [0.2, 0.25) is 0 Å². The van der Waals surface area contributed by atoms with Gasteiger partial charge in [-0.3, -0.25) is 0 Å². The lowest BCUT2D eigenvalue weighted by Gasteiger charge is -2.16. The number of hydrogen-bond acceptors (Lipinski definition) is 3. The zero-order valence-electron chi connectivity index (χ0n) is 11.6. The van der Waals surface area contributed by atoms with Crippen LogP contribution < -0.4 is 4.72 Å². The highest BCUT2D eigenvalue weighted by Crippen LogP contribution is 2.10. The molecule has 1 aromatic rings. The lowest BCUT2D eigenvalue weighted by Crippen LogP contribution is -2.31. The summed E-state index contributed by atoms with van der Waals surface area (Å²) in [6, 6.07) is 8.60. The fourth-order valence-corrected chi connectivity index (χ4v) is 2.69. The molecule has 1 atom stereocenters. The molecule has 1 aromatic carbocycles. The van der Waals surface area contributed by atoms with E-state index in [0.29, 0.717) is 29.5 Å². The van der Waals surface area contributed by atoms with Crippen molar-refractivity contribution in [1.29, 1.82) is 5.26 Å². The number of benzene rings is 1. The Morgan fingerprint density at radius 1 is 1.21 bits per heavy atom. The third-order valence-electron chi connectivity index (χ3n) is 3.20. The highest BCUT2D eigenvalue weighted by molar-refractivity contribution is 7.88. The molecule has 0 aromatic heterocycles. The van der Waals surface area contributed by atoms with Gasteiger partial charge in [0.25, 0.3) is 0 Å². The first kappa shape index (κ1) is 15.7. The van der Waals surface area contributed by atoms with Crippen molar-refractivity contribution in [3.05, 3.63) is 35.4 Å². The average molecular weight is 280 g/mol. The minimum Gasteiger partial charge on any atom is -0.215 e. The Balaban J connectivity index is 2.61. The van der Waals surface area contributed by atoms with E-state index in [1.807, 2.05) is 13.0 Å². The van der Waals surface area contributed by atoms with Crippen LogP contribution in [0, 0.1) is 23.2 Å². The molecule has 0 fully saturated rings. The van der Waals surface area contributed by atoms with Crippen LogP contribution in [-0.4, -0.2) is 15.0 Å². The zero-order chi connectivity index (χ0) is 14.5. The molecule has 104 valence electrons. The van der Waals surface area contributed by atoms with Crippen molar-refractivity contribution in [2.24, 2.45) is 11.8 Å². The van der Waals surface area contributed by atoms with Crippen molar-refractivity contribution in [2.45, 2.75) is 26.5 Å². The lowest BCUT2D eigenvalue weighted by atomic mass is 9.99. The second kappa shape index (κ2) is 6.69. The summed E-state index contributed by atoms with van der Waals surface area (Å²) < 4.78 is 26.4. The smallest absolute Gasteiger partial charge is 0.215 e. The largest absolute Gasteiger partial charge is 0.215 e. The van der Waals surface area contributed by atoms with Crippen molar-refractivity contribution in [3.63, 3.8) is 0 Å². The molecule has 0 saturated heterocycles. The van der Waals surface area contributed by atoms with E-state index in [4.69, 9.17) is 5.26 Å². The number of rotatable bonds is 6. The normalized spacial score (nSPS) is 13.2. The van der Waals surface area contributed by atoms with Crippen LogP contribution in [-0.2, 0) is 15.8 Å². The van der Waals surface area contributed by atoms with Crippen LogP contribution in [0.4, 0.5) is 0 Å². The summed E-state index contributed by atoms with van der Waals surface area (Å²) in [5.41, 5.74) is 1.21. The summed E-state index contributed by atoms with van der Waals surface area (Å²) >= 11 is 0.